The zero-order chi connectivity index (χ0) is 17.8. The molecule has 1 aromatic heterocycles. The van der Waals surface area contributed by atoms with Gasteiger partial charge in [-0.05, 0) is 19.8 Å². The third-order valence-corrected chi connectivity index (χ3v) is 5.13. The Morgan fingerprint density at radius 2 is 2.20 bits per heavy atom. The van der Waals surface area contributed by atoms with Gasteiger partial charge in [0.05, 0.1) is 23.1 Å². The van der Waals surface area contributed by atoms with E-state index in [1.807, 2.05) is 18.4 Å². The third kappa shape index (κ3) is 3.96. The summed E-state index contributed by atoms with van der Waals surface area (Å²) in [5, 5.41) is 13.7. The van der Waals surface area contributed by atoms with Gasteiger partial charge in [0, 0.05) is 36.2 Å². The molecule has 2 aromatic rings. The summed E-state index contributed by atoms with van der Waals surface area (Å²) in [4.78, 5) is 29.1. The van der Waals surface area contributed by atoms with Crippen LogP contribution in [0.2, 0.25) is 0 Å². The van der Waals surface area contributed by atoms with Gasteiger partial charge in [-0.25, -0.2) is 4.98 Å². The van der Waals surface area contributed by atoms with Crippen molar-refractivity contribution in [2.75, 3.05) is 24.6 Å². The maximum atomic E-state index is 11.8. The molecule has 0 amide bonds. The Morgan fingerprint density at radius 1 is 1.44 bits per heavy atom. The van der Waals surface area contributed by atoms with E-state index in [-0.39, 0.29) is 17.6 Å². The molecule has 0 unspecified atom stereocenters. The van der Waals surface area contributed by atoms with Crippen molar-refractivity contribution in [2.24, 2.45) is 5.92 Å². The average molecular weight is 361 g/mol. The smallest absolute Gasteiger partial charge is 0.309 e. The van der Waals surface area contributed by atoms with E-state index in [0.717, 1.165) is 42.3 Å². The van der Waals surface area contributed by atoms with E-state index in [2.05, 4.69) is 9.88 Å². The number of nitro groups is 1. The minimum Gasteiger partial charge on any atom is -0.466 e. The summed E-state index contributed by atoms with van der Waals surface area (Å²) in [7, 11) is 0. The monoisotopic (exact) mass is 361 g/mol. The highest BCUT2D eigenvalue weighted by Crippen LogP contribution is 2.31. The van der Waals surface area contributed by atoms with Gasteiger partial charge in [0.2, 0.25) is 0 Å². The van der Waals surface area contributed by atoms with Crippen LogP contribution in [0.15, 0.2) is 29.6 Å². The molecular weight excluding hydrogens is 342 g/mol. The zero-order valence-electron chi connectivity index (χ0n) is 13.9. The van der Waals surface area contributed by atoms with E-state index in [1.165, 1.54) is 23.5 Å². The first-order chi connectivity index (χ1) is 12.1. The fraction of sp³-hybridized carbons (Fsp3) is 0.412. The van der Waals surface area contributed by atoms with Crippen molar-refractivity contribution in [3.63, 3.8) is 0 Å². The predicted octanol–water partition coefficient (Wildman–Crippen LogP) is 3.50. The Balaban J connectivity index is 1.67. The maximum absolute atomic E-state index is 11.8. The molecule has 3 rings (SSSR count). The van der Waals surface area contributed by atoms with Gasteiger partial charge >= 0.3 is 5.97 Å². The van der Waals surface area contributed by atoms with Crippen molar-refractivity contribution in [2.45, 2.75) is 19.8 Å². The van der Waals surface area contributed by atoms with E-state index in [0.29, 0.717) is 6.61 Å². The van der Waals surface area contributed by atoms with Gasteiger partial charge in [-0.15, -0.1) is 11.3 Å². The Hall–Kier alpha value is -2.48. The van der Waals surface area contributed by atoms with Crippen LogP contribution in [0.5, 0.6) is 0 Å². The summed E-state index contributed by atoms with van der Waals surface area (Å²) in [5.41, 5.74) is 1.52. The number of esters is 1. The van der Waals surface area contributed by atoms with Crippen LogP contribution in [0, 0.1) is 16.0 Å². The van der Waals surface area contributed by atoms with Gasteiger partial charge < -0.3 is 9.64 Å². The number of hydrogen-bond acceptors (Lipinski definition) is 7. The van der Waals surface area contributed by atoms with Crippen molar-refractivity contribution in [1.82, 2.24) is 4.98 Å². The molecule has 1 aromatic carbocycles. The lowest BCUT2D eigenvalue weighted by Crippen LogP contribution is -2.36. The number of benzene rings is 1. The summed E-state index contributed by atoms with van der Waals surface area (Å²) < 4.78 is 5.09. The number of rotatable bonds is 5. The molecule has 0 atom stereocenters. The number of hydrogen-bond donors (Lipinski definition) is 0. The molecule has 0 saturated carbocycles. The maximum Gasteiger partial charge on any atom is 0.309 e. The van der Waals surface area contributed by atoms with Crippen molar-refractivity contribution in [3.8, 4) is 11.3 Å². The lowest BCUT2D eigenvalue weighted by atomic mass is 9.97. The molecule has 2 heterocycles. The first-order valence-electron chi connectivity index (χ1n) is 8.20. The first-order valence-corrected chi connectivity index (χ1v) is 9.08. The normalized spacial score (nSPS) is 15.2. The third-order valence-electron chi connectivity index (χ3n) is 4.23. The van der Waals surface area contributed by atoms with Crippen molar-refractivity contribution in [3.05, 3.63) is 39.8 Å². The van der Waals surface area contributed by atoms with E-state index < -0.39 is 4.92 Å². The lowest BCUT2D eigenvalue weighted by Gasteiger charge is -2.30. The second-order valence-electron chi connectivity index (χ2n) is 5.84. The topological polar surface area (TPSA) is 85.6 Å². The van der Waals surface area contributed by atoms with Gasteiger partial charge in [-0.2, -0.15) is 0 Å². The van der Waals surface area contributed by atoms with Crippen LogP contribution < -0.4 is 4.90 Å². The molecule has 1 aliphatic heterocycles. The summed E-state index contributed by atoms with van der Waals surface area (Å²) in [6, 6.07) is 6.49. The van der Waals surface area contributed by atoms with Crippen LogP contribution in [0.1, 0.15) is 19.8 Å². The standard InChI is InChI=1S/C17H19N3O4S/c1-2-24-16(21)12-6-8-19(9-7-12)17-18-15(11-25-17)13-4-3-5-14(10-13)20(22)23/h3-5,10-12H,2,6-9H2,1H3. The fourth-order valence-corrected chi connectivity index (χ4v) is 3.78. The largest absolute Gasteiger partial charge is 0.466 e. The molecule has 7 nitrogen and oxygen atoms in total. The highest BCUT2D eigenvalue weighted by Gasteiger charge is 2.27. The summed E-state index contributed by atoms with van der Waals surface area (Å²) in [6.07, 6.45) is 1.51. The van der Waals surface area contributed by atoms with E-state index in [4.69, 9.17) is 4.74 Å². The number of carbonyl (C=O) groups excluding carboxylic acids is 1. The zero-order valence-corrected chi connectivity index (χ0v) is 14.7. The number of carbonyl (C=O) groups is 1. The molecule has 0 bridgehead atoms. The highest BCUT2D eigenvalue weighted by atomic mass is 32.1. The van der Waals surface area contributed by atoms with Crippen LogP contribution in [0.4, 0.5) is 10.8 Å². The fourth-order valence-electron chi connectivity index (χ4n) is 2.89. The van der Waals surface area contributed by atoms with Gasteiger partial charge in [0.15, 0.2) is 5.13 Å². The van der Waals surface area contributed by atoms with Gasteiger partial charge in [0.1, 0.15) is 0 Å². The Bertz CT molecular complexity index is 769. The van der Waals surface area contributed by atoms with Crippen molar-refractivity contribution < 1.29 is 14.5 Å². The first kappa shape index (κ1) is 17.3. The van der Waals surface area contributed by atoms with Crippen LogP contribution in [0.25, 0.3) is 11.3 Å². The number of aromatic nitrogens is 1. The van der Waals surface area contributed by atoms with Crippen LogP contribution in [-0.2, 0) is 9.53 Å². The molecule has 0 N–H and O–H groups in total. The summed E-state index contributed by atoms with van der Waals surface area (Å²) >= 11 is 1.51. The van der Waals surface area contributed by atoms with Gasteiger partial charge in [-0.3, -0.25) is 14.9 Å². The lowest BCUT2D eigenvalue weighted by molar-refractivity contribution is -0.384. The number of nitrogens with zero attached hydrogens (tertiary/aromatic N) is 3. The number of ether oxygens (including phenoxy) is 1. The molecule has 1 saturated heterocycles. The Kier molecular flexibility index (Phi) is 5.28. The van der Waals surface area contributed by atoms with E-state index in [9.17, 15) is 14.9 Å². The number of non-ortho nitro benzene ring substituents is 1. The van der Waals surface area contributed by atoms with Crippen molar-refractivity contribution in [1.29, 1.82) is 0 Å². The highest BCUT2D eigenvalue weighted by molar-refractivity contribution is 7.14. The minimum absolute atomic E-state index is 0.0348. The van der Waals surface area contributed by atoms with E-state index in [1.54, 1.807) is 6.07 Å². The predicted molar refractivity (Wildman–Crippen MR) is 95.8 cm³/mol. The Labute approximate surface area is 149 Å². The second-order valence-corrected chi connectivity index (χ2v) is 6.67. The van der Waals surface area contributed by atoms with Crippen LogP contribution in [-0.4, -0.2) is 35.6 Å². The average Bonchev–Trinajstić information content (AvgIpc) is 3.12. The summed E-state index contributed by atoms with van der Waals surface area (Å²) in [6.45, 7) is 3.74. The molecule has 0 aliphatic carbocycles. The second kappa shape index (κ2) is 7.60. The van der Waals surface area contributed by atoms with Crippen LogP contribution in [0.3, 0.4) is 0 Å². The molecular formula is C17H19N3O4S. The number of thiazole rings is 1. The van der Waals surface area contributed by atoms with Gasteiger partial charge in [-0.1, -0.05) is 12.1 Å². The number of anilines is 1. The summed E-state index contributed by atoms with van der Waals surface area (Å²) in [5.74, 6) is -0.147. The molecule has 0 spiro atoms. The molecule has 1 aliphatic rings. The molecule has 8 heteroatoms. The van der Waals surface area contributed by atoms with Gasteiger partial charge in [0.25, 0.3) is 5.69 Å². The minimum atomic E-state index is -0.406. The van der Waals surface area contributed by atoms with E-state index >= 15 is 0 Å². The molecule has 1 fully saturated rings. The van der Waals surface area contributed by atoms with Crippen molar-refractivity contribution >= 4 is 28.1 Å². The number of piperidine rings is 1. The SMILES string of the molecule is CCOC(=O)C1CCN(c2nc(-c3cccc([N+](=O)[O-])c3)cs2)CC1. The number of nitro benzene ring substituents is 1. The van der Waals surface area contributed by atoms with Crippen LogP contribution >= 0.6 is 11.3 Å². The molecule has 0 radical (unpaired) electrons. The molecule has 25 heavy (non-hydrogen) atoms. The quantitative estimate of drug-likeness (QED) is 0.460. The Morgan fingerprint density at radius 3 is 2.88 bits per heavy atom. The molecule has 132 valence electrons.